The maximum atomic E-state index is 11.5. The van der Waals surface area contributed by atoms with Gasteiger partial charge < -0.3 is 30.1 Å². The second-order valence-electron chi connectivity index (χ2n) is 31.5. The Bertz CT molecular complexity index is 6570. The van der Waals surface area contributed by atoms with Gasteiger partial charge in [-0.15, -0.1) is 183 Å². The molecule has 0 aliphatic heterocycles. The molecule has 19 aromatic rings. The van der Waals surface area contributed by atoms with Gasteiger partial charge in [-0.2, -0.15) is 0 Å². The van der Waals surface area contributed by atoms with Crippen LogP contribution in [0.1, 0.15) is 80.4 Å². The predicted octanol–water partition coefficient (Wildman–Crippen LogP) is 27.8. The molecule has 0 atom stereocenters. The number of ketones is 2. The number of carbonyl (C=O) groups excluding carboxylic acids is 2. The number of aliphatic hydroxyl groups is 2. The van der Waals surface area contributed by atoms with Gasteiger partial charge in [0.2, 0.25) is 0 Å². The third-order valence-corrected chi connectivity index (χ3v) is 21.1. The van der Waals surface area contributed by atoms with Gasteiger partial charge in [0.15, 0.2) is 11.6 Å². The Morgan fingerprint density at radius 3 is 1.49 bits per heavy atom. The molecule has 11 nitrogen and oxygen atoms in total. The van der Waals surface area contributed by atoms with Crippen LogP contribution in [-0.2, 0) is 116 Å². The summed E-state index contributed by atoms with van der Waals surface area (Å²) >= 11 is 1.68. The molecular weight excluding hydrogens is 2480 g/mol. The number of para-hydroxylation sites is 2. The van der Waals surface area contributed by atoms with Crippen LogP contribution in [0.15, 0.2) is 376 Å². The molecule has 1 aliphatic carbocycles. The van der Waals surface area contributed by atoms with E-state index in [9.17, 15) is 14.7 Å². The number of thiazole rings is 1. The van der Waals surface area contributed by atoms with Crippen molar-refractivity contribution in [2.45, 2.75) is 74.7 Å². The molecule has 2 N–H and O–H groups in total. The van der Waals surface area contributed by atoms with Gasteiger partial charge in [-0.05, 0) is 134 Å². The predicted molar refractivity (Wildman–Crippen MR) is 504 cm³/mol. The SMILES string of the molecule is CC(=O)C=C(C)O.CC(C)(C)C(=O)C=C(O)C(C)(C)C.CC1(C)c2ccccc2-c2c[c-]c(-c3nccc4ccccc34)cc21.[Ir].[Ir].[Ir].[Ir].[Ir].[c-]1cccc2ccc3cccnc3c12.[c-]1cccc2ccc3cccnc3c12.[c-]1ccccc1-c1ccc2ccccc2n1.[c-]1ccccc1-c1ccccn1.c1ccc(-c2ccc(-c3nc4ccccc4s3)nc2)cc1. The summed E-state index contributed by atoms with van der Waals surface area (Å²) in [5.74, 6) is 0.0415. The topological polar surface area (TPSA) is 165 Å². The molecule has 5 radical (unpaired) electrons. The van der Waals surface area contributed by atoms with Gasteiger partial charge in [-0.3, -0.25) is 19.6 Å². The molecular formula is C110H92Ir5N7O4S-5. The second-order valence-corrected chi connectivity index (χ2v) is 32.5. The smallest absolute Gasteiger partial charge is 0.164 e. The molecule has 12 aromatic carbocycles. The largest absolute Gasteiger partial charge is 0.512 e. The molecule has 17 heteroatoms. The van der Waals surface area contributed by atoms with E-state index in [4.69, 9.17) is 5.11 Å². The molecule has 0 saturated heterocycles. The zero-order valence-corrected chi connectivity index (χ0v) is 84.3. The molecule has 0 spiro atoms. The van der Waals surface area contributed by atoms with Gasteiger partial charge in [0.05, 0.1) is 27.2 Å². The van der Waals surface area contributed by atoms with E-state index in [1.807, 2.05) is 236 Å². The van der Waals surface area contributed by atoms with Crippen molar-refractivity contribution < 1.29 is 120 Å². The molecule has 20 rings (SSSR count). The molecule has 1 aliphatic rings. The summed E-state index contributed by atoms with van der Waals surface area (Å²) in [6.45, 7) is 18.6. The van der Waals surface area contributed by atoms with Crippen molar-refractivity contribution in [2.24, 2.45) is 10.8 Å². The third kappa shape index (κ3) is 26.9. The van der Waals surface area contributed by atoms with Gasteiger partial charge in [0, 0.05) is 160 Å². The number of nitrogens with zero attached hydrogens (tertiary/aromatic N) is 7. The summed E-state index contributed by atoms with van der Waals surface area (Å²) in [4.78, 5) is 53.0. The number of hydrogen-bond acceptors (Lipinski definition) is 12. The molecule has 0 fully saturated rings. The summed E-state index contributed by atoms with van der Waals surface area (Å²) in [6, 6.07) is 125. The normalized spacial score (nSPS) is 11.4. The number of carbonyl (C=O) groups is 2. The van der Waals surface area contributed by atoms with Crippen molar-refractivity contribution in [2.75, 3.05) is 0 Å². The van der Waals surface area contributed by atoms with Crippen LogP contribution in [0.4, 0.5) is 0 Å². The number of aliphatic hydroxyl groups excluding tert-OH is 2. The quantitative estimate of drug-likeness (QED) is 0.0675. The minimum absolute atomic E-state index is 0. The van der Waals surface area contributed by atoms with E-state index in [1.165, 1.54) is 96.2 Å². The Kier molecular flexibility index (Phi) is 38.2. The standard InChI is InChI=1S/C24H18N.C18H12N2S.C15H10N.2C13H8N.C11H8N.C11H20O2.C5H8O2.5Ir/c1-24(2)21-10-6-5-9-19(21)20-12-11-17(15-22(20)24)23-18-8-4-3-7-16(18)13-14-25-23;1-2-6-13(7-3-1)14-10-11-16(19-12-14)18-20-15-8-4-5-9-17(15)21-18;1-2-6-12(7-3-1)15-11-10-13-8-4-5-9-14(13)16-15;2*1-2-6-12-10(4-1)7-8-11-5-3-9-14-13(11)12;1-2-6-10(7-3-1)11-8-4-5-9-12-11;1-10(2,3)8(12)7-9(13)11(4,5)6;1-4(6)3-5(2)7;;;;;/h3-10,12-15H,1-2H3;1-12H;1-6,8-11H;2*1-5,7-9H;1-6,8-9H;7,12H,1-6H3;3,6H,1-2H3;;;;;/q-1;;4*-1;;;;;;;. The zero-order valence-electron chi connectivity index (χ0n) is 71.6. The molecule has 0 amide bonds. The summed E-state index contributed by atoms with van der Waals surface area (Å²) in [7, 11) is 0. The Balaban J connectivity index is 0.000000182. The van der Waals surface area contributed by atoms with Gasteiger partial charge in [0.1, 0.15) is 10.8 Å². The molecule has 127 heavy (non-hydrogen) atoms. The van der Waals surface area contributed by atoms with E-state index in [-0.39, 0.29) is 134 Å². The van der Waals surface area contributed by atoms with E-state index in [2.05, 4.69) is 231 Å². The molecule has 647 valence electrons. The van der Waals surface area contributed by atoms with Crippen LogP contribution in [0.25, 0.3) is 142 Å². The van der Waals surface area contributed by atoms with Crippen molar-refractivity contribution in [3.63, 3.8) is 0 Å². The van der Waals surface area contributed by atoms with Crippen molar-refractivity contribution >= 4 is 98.1 Å². The van der Waals surface area contributed by atoms with Gasteiger partial charge in [-0.1, -0.05) is 242 Å². The third-order valence-electron chi connectivity index (χ3n) is 20.1. The fraction of sp³-hybridized carbons (Fsp3) is 0.118. The number of rotatable bonds is 7. The van der Waals surface area contributed by atoms with Crippen molar-refractivity contribution in [1.29, 1.82) is 0 Å². The average molecular weight is 2570 g/mol. The maximum Gasteiger partial charge on any atom is 0.164 e. The Morgan fingerprint density at radius 1 is 0.386 bits per heavy atom. The van der Waals surface area contributed by atoms with Gasteiger partial charge >= 0.3 is 0 Å². The van der Waals surface area contributed by atoms with Gasteiger partial charge in [0.25, 0.3) is 0 Å². The van der Waals surface area contributed by atoms with E-state index >= 15 is 0 Å². The summed E-state index contributed by atoms with van der Waals surface area (Å²) in [6.07, 6.45) is 11.7. The van der Waals surface area contributed by atoms with Crippen molar-refractivity contribution in [1.82, 2.24) is 34.9 Å². The Hall–Kier alpha value is -11.3. The van der Waals surface area contributed by atoms with Crippen LogP contribution < -0.4 is 0 Å². The number of hydrogen-bond donors (Lipinski definition) is 2. The molecule has 0 bridgehead atoms. The first kappa shape index (κ1) is 101. The summed E-state index contributed by atoms with van der Waals surface area (Å²) in [5, 5.41) is 29.4. The van der Waals surface area contributed by atoms with Crippen LogP contribution >= 0.6 is 11.3 Å². The second kappa shape index (κ2) is 48.0. The summed E-state index contributed by atoms with van der Waals surface area (Å²) in [5.41, 5.74) is 18.1. The first-order valence-electron chi connectivity index (χ1n) is 40.2. The average Bonchev–Trinajstić information content (AvgIpc) is 1.58. The first-order chi connectivity index (χ1) is 59.0. The minimum atomic E-state index is -0.417. The monoisotopic (exact) mass is 2570 g/mol. The van der Waals surface area contributed by atoms with E-state index in [1.54, 1.807) is 17.5 Å². The molecule has 7 aromatic heterocycles. The van der Waals surface area contributed by atoms with Crippen LogP contribution in [0.2, 0.25) is 0 Å². The number of benzene rings is 12. The molecule has 0 unspecified atom stereocenters. The maximum absolute atomic E-state index is 11.5. The number of aromatic nitrogens is 7. The van der Waals surface area contributed by atoms with Crippen molar-refractivity contribution in [3.05, 3.63) is 418 Å². The fourth-order valence-corrected chi connectivity index (χ4v) is 14.5. The minimum Gasteiger partial charge on any atom is -0.512 e. The molecule has 7 heterocycles. The van der Waals surface area contributed by atoms with Crippen LogP contribution in [0.5, 0.6) is 0 Å². The fourth-order valence-electron chi connectivity index (χ4n) is 13.6. The molecule has 0 saturated carbocycles. The number of pyridine rings is 6. The van der Waals surface area contributed by atoms with Crippen LogP contribution in [-0.4, -0.2) is 56.7 Å². The Labute approximate surface area is 815 Å². The van der Waals surface area contributed by atoms with E-state index in [0.29, 0.717) is 0 Å². The summed E-state index contributed by atoms with van der Waals surface area (Å²) < 4.78 is 1.20. The van der Waals surface area contributed by atoms with Crippen LogP contribution in [0, 0.1) is 41.2 Å². The van der Waals surface area contributed by atoms with Crippen molar-refractivity contribution in [3.8, 4) is 66.7 Å². The van der Waals surface area contributed by atoms with E-state index in [0.717, 1.165) is 82.9 Å². The Morgan fingerprint density at radius 2 is 0.913 bits per heavy atom. The number of allylic oxidation sites excluding steroid dienone is 4. The van der Waals surface area contributed by atoms with Gasteiger partial charge in [-0.25, -0.2) is 4.98 Å². The number of fused-ring (bicyclic) bond motifs is 12. The van der Waals surface area contributed by atoms with E-state index < -0.39 is 5.41 Å². The zero-order chi connectivity index (χ0) is 85.6. The van der Waals surface area contributed by atoms with Crippen LogP contribution in [0.3, 0.4) is 0 Å². The first-order valence-corrected chi connectivity index (χ1v) is 41.1.